The minimum absolute atomic E-state index is 0.366. The van der Waals surface area contributed by atoms with Crippen molar-refractivity contribution in [1.29, 1.82) is 0 Å². The van der Waals surface area contributed by atoms with Crippen LogP contribution in [-0.4, -0.2) is 41.9 Å². The Hall–Kier alpha value is -1.46. The van der Waals surface area contributed by atoms with E-state index in [9.17, 15) is 18.4 Å². The zero-order valence-corrected chi connectivity index (χ0v) is 10.2. The Bertz CT molecular complexity index is 303. The first-order chi connectivity index (χ1) is 7.82. The monoisotopic (exact) mass is 249 g/mol. The summed E-state index contributed by atoms with van der Waals surface area (Å²) in [5.41, 5.74) is -1.99. The highest BCUT2D eigenvalue weighted by atomic mass is 19.3. The van der Waals surface area contributed by atoms with Crippen molar-refractivity contribution < 1.29 is 23.1 Å². The zero-order valence-electron chi connectivity index (χ0n) is 10.2. The average molecular weight is 249 g/mol. The molecule has 0 aliphatic heterocycles. The lowest BCUT2D eigenvalue weighted by molar-refractivity contribution is -0.143. The van der Waals surface area contributed by atoms with E-state index in [-0.39, 0.29) is 0 Å². The van der Waals surface area contributed by atoms with Crippen molar-refractivity contribution in [3.05, 3.63) is 12.7 Å². The van der Waals surface area contributed by atoms with Crippen LogP contribution >= 0.6 is 0 Å². The molecule has 1 atom stereocenters. The Morgan fingerprint density at radius 2 is 1.88 bits per heavy atom. The molecule has 1 unspecified atom stereocenters. The van der Waals surface area contributed by atoms with E-state index in [1.54, 1.807) is 13.8 Å². The molecule has 98 valence electrons. The standard InChI is InChI=1S/C11H17F2NO3/c1-5-11(4,8(15)9(12)13)17-10(16)14(6-2)7-3/h5,9H,1,6-7H2,2-4H3. The van der Waals surface area contributed by atoms with Crippen LogP contribution in [0.4, 0.5) is 13.6 Å². The predicted octanol–water partition coefficient (Wildman–Crippen LogP) is 2.24. The molecule has 1 amide bonds. The average Bonchev–Trinajstić information content (AvgIpc) is 2.29. The molecule has 6 heteroatoms. The minimum atomic E-state index is -3.21. The highest BCUT2D eigenvalue weighted by Crippen LogP contribution is 2.19. The third-order valence-corrected chi connectivity index (χ3v) is 2.40. The van der Waals surface area contributed by atoms with Gasteiger partial charge in [-0.25, -0.2) is 13.6 Å². The topological polar surface area (TPSA) is 46.6 Å². The molecule has 0 N–H and O–H groups in total. The molecule has 0 bridgehead atoms. The first kappa shape index (κ1) is 15.5. The van der Waals surface area contributed by atoms with Gasteiger partial charge in [0.05, 0.1) is 0 Å². The fourth-order valence-electron chi connectivity index (χ4n) is 1.14. The fraction of sp³-hybridized carbons (Fsp3) is 0.636. The van der Waals surface area contributed by atoms with Crippen LogP contribution in [0, 0.1) is 0 Å². The number of rotatable bonds is 6. The number of ether oxygens (including phenoxy) is 1. The Morgan fingerprint density at radius 3 is 2.18 bits per heavy atom. The van der Waals surface area contributed by atoms with Gasteiger partial charge in [-0.05, 0) is 26.8 Å². The fourth-order valence-corrected chi connectivity index (χ4v) is 1.14. The van der Waals surface area contributed by atoms with E-state index in [4.69, 9.17) is 4.74 Å². The number of ketones is 1. The molecule has 0 aromatic heterocycles. The maximum atomic E-state index is 12.3. The van der Waals surface area contributed by atoms with Crippen molar-refractivity contribution in [3.8, 4) is 0 Å². The SMILES string of the molecule is C=CC(C)(OC(=O)N(CC)CC)C(=O)C(F)F. The van der Waals surface area contributed by atoms with E-state index in [0.717, 1.165) is 13.0 Å². The molecule has 0 heterocycles. The molecule has 0 spiro atoms. The van der Waals surface area contributed by atoms with Gasteiger partial charge in [0.15, 0.2) is 5.60 Å². The molecular weight excluding hydrogens is 232 g/mol. The maximum absolute atomic E-state index is 12.3. The van der Waals surface area contributed by atoms with Crippen LogP contribution in [0.3, 0.4) is 0 Å². The summed E-state index contributed by atoms with van der Waals surface area (Å²) in [6.07, 6.45) is -3.11. The first-order valence-corrected chi connectivity index (χ1v) is 5.26. The summed E-state index contributed by atoms with van der Waals surface area (Å²) in [5, 5.41) is 0. The lowest BCUT2D eigenvalue weighted by atomic mass is 10.0. The van der Waals surface area contributed by atoms with Crippen LogP contribution in [0.1, 0.15) is 20.8 Å². The summed E-state index contributed by atoms with van der Waals surface area (Å²) >= 11 is 0. The molecular formula is C11H17F2NO3. The summed E-state index contributed by atoms with van der Waals surface area (Å²) < 4.78 is 29.4. The Labute approximate surface area is 99.2 Å². The molecule has 0 radical (unpaired) electrons. The molecule has 0 saturated carbocycles. The second kappa shape index (κ2) is 6.32. The lowest BCUT2D eigenvalue weighted by Gasteiger charge is -2.27. The number of Topliss-reactive ketones (excluding diaryl/α,β-unsaturated/α-hetero) is 1. The molecule has 0 aromatic carbocycles. The van der Waals surface area contributed by atoms with Gasteiger partial charge in [0.25, 0.3) is 6.43 Å². The number of carbonyl (C=O) groups excluding carboxylic acids is 2. The van der Waals surface area contributed by atoms with Gasteiger partial charge < -0.3 is 9.64 Å². The van der Waals surface area contributed by atoms with Crippen molar-refractivity contribution in [2.75, 3.05) is 13.1 Å². The number of halogens is 2. The number of hydrogen-bond donors (Lipinski definition) is 0. The first-order valence-electron chi connectivity index (χ1n) is 5.26. The van der Waals surface area contributed by atoms with Crippen LogP contribution in [-0.2, 0) is 9.53 Å². The molecule has 0 rings (SSSR count). The van der Waals surface area contributed by atoms with Crippen LogP contribution in [0.15, 0.2) is 12.7 Å². The second-order valence-electron chi connectivity index (χ2n) is 3.52. The summed E-state index contributed by atoms with van der Waals surface area (Å²) in [5.74, 6) is -1.48. The lowest BCUT2D eigenvalue weighted by Crippen LogP contribution is -2.45. The van der Waals surface area contributed by atoms with Gasteiger partial charge in [-0.15, -0.1) is 0 Å². The molecule has 0 saturated heterocycles. The van der Waals surface area contributed by atoms with E-state index >= 15 is 0 Å². The van der Waals surface area contributed by atoms with E-state index in [0.29, 0.717) is 13.1 Å². The van der Waals surface area contributed by atoms with Crippen molar-refractivity contribution in [2.24, 2.45) is 0 Å². The van der Waals surface area contributed by atoms with E-state index < -0.39 is 23.9 Å². The molecule has 0 aromatic rings. The minimum Gasteiger partial charge on any atom is -0.431 e. The van der Waals surface area contributed by atoms with E-state index in [2.05, 4.69) is 6.58 Å². The van der Waals surface area contributed by atoms with Crippen LogP contribution < -0.4 is 0 Å². The number of carbonyl (C=O) groups is 2. The molecule has 17 heavy (non-hydrogen) atoms. The highest BCUT2D eigenvalue weighted by molar-refractivity contribution is 5.93. The van der Waals surface area contributed by atoms with Gasteiger partial charge in [0.2, 0.25) is 5.78 Å². The largest absolute Gasteiger partial charge is 0.431 e. The Balaban J connectivity index is 4.86. The van der Waals surface area contributed by atoms with Crippen LogP contribution in [0.25, 0.3) is 0 Å². The number of nitrogens with zero attached hydrogens (tertiary/aromatic N) is 1. The Morgan fingerprint density at radius 1 is 1.41 bits per heavy atom. The normalized spacial score (nSPS) is 14.0. The van der Waals surface area contributed by atoms with Crippen molar-refractivity contribution in [2.45, 2.75) is 32.8 Å². The Kier molecular flexibility index (Phi) is 5.78. The summed E-state index contributed by atoms with van der Waals surface area (Å²) in [4.78, 5) is 24.1. The van der Waals surface area contributed by atoms with Crippen molar-refractivity contribution in [1.82, 2.24) is 4.90 Å². The van der Waals surface area contributed by atoms with Gasteiger partial charge in [-0.3, -0.25) is 4.79 Å². The third kappa shape index (κ3) is 3.80. The second-order valence-corrected chi connectivity index (χ2v) is 3.52. The van der Waals surface area contributed by atoms with Gasteiger partial charge in [-0.2, -0.15) is 0 Å². The number of amides is 1. The number of hydrogen-bond acceptors (Lipinski definition) is 3. The molecule has 4 nitrogen and oxygen atoms in total. The third-order valence-electron chi connectivity index (χ3n) is 2.40. The van der Waals surface area contributed by atoms with E-state index in [1.807, 2.05) is 0 Å². The summed E-state index contributed by atoms with van der Waals surface area (Å²) in [7, 11) is 0. The quantitative estimate of drug-likeness (QED) is 0.678. The maximum Gasteiger partial charge on any atom is 0.411 e. The van der Waals surface area contributed by atoms with Gasteiger partial charge in [0, 0.05) is 13.1 Å². The summed E-state index contributed by atoms with van der Waals surface area (Å²) in [6.45, 7) is 8.50. The predicted molar refractivity (Wildman–Crippen MR) is 59.0 cm³/mol. The molecule has 0 fully saturated rings. The van der Waals surface area contributed by atoms with Gasteiger partial charge in [0.1, 0.15) is 0 Å². The molecule has 0 aliphatic rings. The molecule has 0 aliphatic carbocycles. The van der Waals surface area contributed by atoms with Gasteiger partial charge in [-0.1, -0.05) is 6.58 Å². The smallest absolute Gasteiger partial charge is 0.411 e. The van der Waals surface area contributed by atoms with Crippen molar-refractivity contribution in [3.63, 3.8) is 0 Å². The highest BCUT2D eigenvalue weighted by Gasteiger charge is 2.40. The van der Waals surface area contributed by atoms with E-state index in [1.165, 1.54) is 4.90 Å². The zero-order chi connectivity index (χ0) is 13.6. The van der Waals surface area contributed by atoms with Gasteiger partial charge >= 0.3 is 6.09 Å². The van der Waals surface area contributed by atoms with Crippen LogP contribution in [0.2, 0.25) is 0 Å². The summed E-state index contributed by atoms with van der Waals surface area (Å²) in [6, 6.07) is 0. The van der Waals surface area contributed by atoms with Crippen LogP contribution in [0.5, 0.6) is 0 Å². The van der Waals surface area contributed by atoms with Crippen molar-refractivity contribution >= 4 is 11.9 Å². The number of alkyl halides is 2.